The van der Waals surface area contributed by atoms with E-state index in [0.717, 1.165) is 5.56 Å². The molecule has 0 unspecified atom stereocenters. The Morgan fingerprint density at radius 1 is 0.818 bits per heavy atom. The fourth-order valence-electron chi connectivity index (χ4n) is 4.34. The van der Waals surface area contributed by atoms with E-state index < -0.39 is 0 Å². The molecule has 3 aromatic rings. The lowest BCUT2D eigenvalue weighted by molar-refractivity contribution is -0.132. The van der Waals surface area contributed by atoms with Gasteiger partial charge < -0.3 is 10.2 Å². The van der Waals surface area contributed by atoms with Crippen LogP contribution in [0.5, 0.6) is 0 Å². The maximum atomic E-state index is 12.9. The van der Waals surface area contributed by atoms with Gasteiger partial charge in [0.1, 0.15) is 0 Å². The smallest absolute Gasteiger partial charge is 0.246 e. The molecule has 1 aliphatic rings. The molecule has 0 bridgehead atoms. The molecule has 3 aromatic carbocycles. The standard InChI is InChI=1S/C29H30N2O2/c32-28(17-16-23-10-4-1-5-11-23)31-20-18-26(19-21-31)29(33)30-22-27(24-12-6-2-7-13-24)25-14-8-3-9-15-25/h1-17,26-27H,18-22H2,(H,30,33). The molecule has 33 heavy (non-hydrogen) atoms. The second-order valence-electron chi connectivity index (χ2n) is 8.46. The van der Waals surface area contributed by atoms with Crippen molar-refractivity contribution in [3.8, 4) is 0 Å². The number of benzene rings is 3. The molecule has 0 aliphatic carbocycles. The Hall–Kier alpha value is -3.66. The van der Waals surface area contributed by atoms with E-state index in [1.807, 2.05) is 77.7 Å². The third kappa shape index (κ3) is 6.19. The van der Waals surface area contributed by atoms with Gasteiger partial charge in [0.2, 0.25) is 11.8 Å². The molecule has 1 fully saturated rings. The third-order valence-electron chi connectivity index (χ3n) is 6.28. The van der Waals surface area contributed by atoms with Crippen molar-refractivity contribution in [2.24, 2.45) is 5.92 Å². The van der Waals surface area contributed by atoms with Gasteiger partial charge in [-0.25, -0.2) is 0 Å². The van der Waals surface area contributed by atoms with Crippen molar-refractivity contribution in [2.75, 3.05) is 19.6 Å². The first-order valence-electron chi connectivity index (χ1n) is 11.6. The Kier molecular flexibility index (Phi) is 7.70. The Bertz CT molecular complexity index is 1020. The second-order valence-corrected chi connectivity index (χ2v) is 8.46. The van der Waals surface area contributed by atoms with Gasteiger partial charge in [-0.3, -0.25) is 9.59 Å². The van der Waals surface area contributed by atoms with Gasteiger partial charge in [-0.1, -0.05) is 91.0 Å². The van der Waals surface area contributed by atoms with E-state index in [-0.39, 0.29) is 23.7 Å². The van der Waals surface area contributed by atoms with Crippen LogP contribution < -0.4 is 5.32 Å². The fourth-order valence-corrected chi connectivity index (χ4v) is 4.34. The maximum absolute atomic E-state index is 12.9. The van der Waals surface area contributed by atoms with Crippen LogP contribution in [0.15, 0.2) is 97.1 Å². The summed E-state index contributed by atoms with van der Waals surface area (Å²) in [6.07, 6.45) is 4.85. The van der Waals surface area contributed by atoms with Crippen molar-refractivity contribution in [3.05, 3.63) is 114 Å². The SMILES string of the molecule is O=C(NCC(c1ccccc1)c1ccccc1)C1CCN(C(=O)C=Cc2ccccc2)CC1. The lowest BCUT2D eigenvalue weighted by atomic mass is 9.90. The topological polar surface area (TPSA) is 49.4 Å². The minimum atomic E-state index is -0.0562. The summed E-state index contributed by atoms with van der Waals surface area (Å²) in [4.78, 5) is 27.3. The molecule has 1 N–H and O–H groups in total. The average molecular weight is 439 g/mol. The Labute approximate surface area is 195 Å². The molecule has 4 rings (SSSR count). The third-order valence-corrected chi connectivity index (χ3v) is 6.28. The van der Waals surface area contributed by atoms with Crippen LogP contribution in [0.1, 0.15) is 35.4 Å². The monoisotopic (exact) mass is 438 g/mol. The summed E-state index contributed by atoms with van der Waals surface area (Å²) in [6, 6.07) is 30.4. The summed E-state index contributed by atoms with van der Waals surface area (Å²) >= 11 is 0. The summed E-state index contributed by atoms with van der Waals surface area (Å²) in [5.74, 6) is 0.144. The number of hydrogen-bond donors (Lipinski definition) is 1. The Morgan fingerprint density at radius 3 is 1.88 bits per heavy atom. The van der Waals surface area contributed by atoms with Crippen LogP contribution in [0.25, 0.3) is 6.08 Å². The van der Waals surface area contributed by atoms with Crippen LogP contribution in [-0.4, -0.2) is 36.3 Å². The van der Waals surface area contributed by atoms with Crippen molar-refractivity contribution < 1.29 is 9.59 Å². The highest BCUT2D eigenvalue weighted by atomic mass is 16.2. The summed E-state index contributed by atoms with van der Waals surface area (Å²) in [5.41, 5.74) is 3.38. The summed E-state index contributed by atoms with van der Waals surface area (Å²) in [7, 11) is 0. The quantitative estimate of drug-likeness (QED) is 0.534. The number of nitrogens with one attached hydrogen (secondary N) is 1. The zero-order chi connectivity index (χ0) is 22.9. The predicted octanol–water partition coefficient (Wildman–Crippen LogP) is 4.89. The van der Waals surface area contributed by atoms with E-state index in [4.69, 9.17) is 0 Å². The van der Waals surface area contributed by atoms with Gasteiger partial charge in [0.05, 0.1) is 0 Å². The number of hydrogen-bond acceptors (Lipinski definition) is 2. The second kappa shape index (κ2) is 11.3. The molecular weight excluding hydrogens is 408 g/mol. The summed E-state index contributed by atoms with van der Waals surface area (Å²) in [5, 5.41) is 3.18. The molecule has 1 saturated heterocycles. The minimum absolute atomic E-state index is 0.00549. The van der Waals surface area contributed by atoms with E-state index in [1.165, 1.54) is 11.1 Å². The van der Waals surface area contributed by atoms with E-state index in [9.17, 15) is 9.59 Å². The van der Waals surface area contributed by atoms with Gasteiger partial charge in [-0.05, 0) is 35.6 Å². The molecule has 4 heteroatoms. The molecule has 2 amide bonds. The van der Waals surface area contributed by atoms with Crippen LogP contribution in [0, 0.1) is 5.92 Å². The van der Waals surface area contributed by atoms with Crippen molar-refractivity contribution in [2.45, 2.75) is 18.8 Å². The minimum Gasteiger partial charge on any atom is -0.355 e. The van der Waals surface area contributed by atoms with E-state index in [2.05, 4.69) is 29.6 Å². The number of nitrogens with zero attached hydrogens (tertiary/aromatic N) is 1. The van der Waals surface area contributed by atoms with Crippen LogP contribution in [0.2, 0.25) is 0 Å². The van der Waals surface area contributed by atoms with E-state index >= 15 is 0 Å². The number of rotatable bonds is 7. The lowest BCUT2D eigenvalue weighted by Gasteiger charge is -2.31. The largest absolute Gasteiger partial charge is 0.355 e. The average Bonchev–Trinajstić information content (AvgIpc) is 2.89. The number of carbonyl (C=O) groups excluding carboxylic acids is 2. The highest BCUT2D eigenvalue weighted by Gasteiger charge is 2.27. The highest BCUT2D eigenvalue weighted by Crippen LogP contribution is 2.24. The summed E-state index contributed by atoms with van der Waals surface area (Å²) in [6.45, 7) is 1.78. The predicted molar refractivity (Wildman–Crippen MR) is 133 cm³/mol. The van der Waals surface area contributed by atoms with E-state index in [1.54, 1.807) is 6.08 Å². The first-order chi connectivity index (χ1) is 16.2. The maximum Gasteiger partial charge on any atom is 0.246 e. The fraction of sp³-hybridized carbons (Fsp3) is 0.241. The Morgan fingerprint density at radius 2 is 1.33 bits per heavy atom. The van der Waals surface area contributed by atoms with Crippen LogP contribution in [0.4, 0.5) is 0 Å². The van der Waals surface area contributed by atoms with Crippen molar-refractivity contribution >= 4 is 17.9 Å². The number of carbonyl (C=O) groups is 2. The van der Waals surface area contributed by atoms with Gasteiger partial charge in [0.25, 0.3) is 0 Å². The normalized spacial score (nSPS) is 14.5. The number of amides is 2. The molecule has 0 spiro atoms. The first kappa shape index (κ1) is 22.5. The molecule has 1 aliphatic heterocycles. The zero-order valence-corrected chi connectivity index (χ0v) is 18.8. The molecule has 0 saturated carbocycles. The van der Waals surface area contributed by atoms with Crippen molar-refractivity contribution in [1.29, 1.82) is 0 Å². The molecule has 168 valence electrons. The van der Waals surface area contributed by atoms with Gasteiger partial charge in [-0.2, -0.15) is 0 Å². The van der Waals surface area contributed by atoms with Gasteiger partial charge >= 0.3 is 0 Å². The van der Waals surface area contributed by atoms with Gasteiger partial charge in [0, 0.05) is 37.5 Å². The van der Waals surface area contributed by atoms with Gasteiger partial charge in [-0.15, -0.1) is 0 Å². The van der Waals surface area contributed by atoms with Crippen LogP contribution in [-0.2, 0) is 9.59 Å². The first-order valence-corrected chi connectivity index (χ1v) is 11.6. The lowest BCUT2D eigenvalue weighted by Crippen LogP contribution is -2.43. The summed E-state index contributed by atoms with van der Waals surface area (Å²) < 4.78 is 0. The molecule has 4 nitrogen and oxygen atoms in total. The molecule has 0 aromatic heterocycles. The molecule has 0 radical (unpaired) electrons. The van der Waals surface area contributed by atoms with Crippen molar-refractivity contribution in [3.63, 3.8) is 0 Å². The van der Waals surface area contributed by atoms with Crippen molar-refractivity contribution in [1.82, 2.24) is 10.2 Å². The molecular formula is C29H30N2O2. The van der Waals surface area contributed by atoms with Crippen LogP contribution >= 0.6 is 0 Å². The van der Waals surface area contributed by atoms with Gasteiger partial charge in [0.15, 0.2) is 0 Å². The molecule has 1 heterocycles. The Balaban J connectivity index is 1.30. The molecule has 0 atom stereocenters. The number of likely N-dealkylation sites (tertiary alicyclic amines) is 1. The number of piperidine rings is 1. The highest BCUT2D eigenvalue weighted by molar-refractivity contribution is 5.92. The van der Waals surface area contributed by atoms with E-state index in [0.29, 0.717) is 32.5 Å². The van der Waals surface area contributed by atoms with Crippen LogP contribution in [0.3, 0.4) is 0 Å². The zero-order valence-electron chi connectivity index (χ0n) is 18.8.